The van der Waals surface area contributed by atoms with E-state index in [9.17, 15) is 13.2 Å². The van der Waals surface area contributed by atoms with Gasteiger partial charge in [-0.3, -0.25) is 4.79 Å². The lowest BCUT2D eigenvalue weighted by atomic mass is 10.1. The summed E-state index contributed by atoms with van der Waals surface area (Å²) in [5.41, 5.74) is 1.18. The van der Waals surface area contributed by atoms with E-state index in [0.29, 0.717) is 70.6 Å². The first-order valence-electron chi connectivity index (χ1n) is 10.1. The molecule has 1 aromatic carbocycles. The third-order valence-electron chi connectivity index (χ3n) is 5.14. The summed E-state index contributed by atoms with van der Waals surface area (Å²) < 4.78 is 38.3. The van der Waals surface area contributed by atoms with Crippen molar-refractivity contribution < 1.29 is 22.7 Å². The summed E-state index contributed by atoms with van der Waals surface area (Å²) in [7, 11) is -1.92. The Morgan fingerprint density at radius 1 is 1.07 bits per heavy atom. The van der Waals surface area contributed by atoms with Crippen molar-refractivity contribution in [3.63, 3.8) is 0 Å². The Bertz CT molecular complexity index is 815. The van der Waals surface area contributed by atoms with Crippen LogP contribution in [0.15, 0.2) is 23.1 Å². The average Bonchev–Trinajstić information content (AvgIpc) is 2.73. The Morgan fingerprint density at radius 3 is 2.24 bits per heavy atom. The number of sulfonamides is 1. The zero-order valence-corrected chi connectivity index (χ0v) is 18.3. The molecule has 162 valence electrons. The first-order valence-corrected chi connectivity index (χ1v) is 11.5. The molecule has 0 aromatic heterocycles. The second kappa shape index (κ2) is 9.42. The molecule has 0 N–H and O–H groups in total. The molecule has 8 nitrogen and oxygen atoms in total. The minimum atomic E-state index is -3.67. The Labute approximate surface area is 173 Å². The van der Waals surface area contributed by atoms with Crippen LogP contribution < -0.4 is 4.90 Å². The lowest BCUT2D eigenvalue weighted by molar-refractivity contribution is 0.0730. The molecule has 1 aromatic rings. The number of rotatable bonds is 6. The van der Waals surface area contributed by atoms with E-state index in [-0.39, 0.29) is 10.8 Å². The predicted molar refractivity (Wildman–Crippen MR) is 111 cm³/mol. The fourth-order valence-corrected chi connectivity index (χ4v) is 5.13. The van der Waals surface area contributed by atoms with Gasteiger partial charge in [0.05, 0.1) is 36.9 Å². The van der Waals surface area contributed by atoms with Gasteiger partial charge in [-0.2, -0.15) is 4.31 Å². The molecule has 2 aliphatic heterocycles. The molecule has 0 saturated carbocycles. The SMILES string of the molecule is CC(C)CN(C)C(=O)c1cc(S(=O)(=O)N2CCOCC2)ccc1N1CCOCC1. The van der Waals surface area contributed by atoms with Crippen molar-refractivity contribution >= 4 is 21.6 Å². The van der Waals surface area contributed by atoms with E-state index >= 15 is 0 Å². The number of carbonyl (C=O) groups is 1. The van der Waals surface area contributed by atoms with Gasteiger partial charge < -0.3 is 19.3 Å². The number of hydrogen-bond donors (Lipinski definition) is 0. The molecule has 0 unspecified atom stereocenters. The molecule has 0 bridgehead atoms. The maximum atomic E-state index is 13.2. The number of amides is 1. The van der Waals surface area contributed by atoms with E-state index in [1.165, 1.54) is 10.4 Å². The summed E-state index contributed by atoms with van der Waals surface area (Å²) in [6.45, 7) is 8.62. The van der Waals surface area contributed by atoms with Crippen LogP contribution in [0.1, 0.15) is 24.2 Å². The molecule has 2 heterocycles. The van der Waals surface area contributed by atoms with Crippen LogP contribution in [0.25, 0.3) is 0 Å². The smallest absolute Gasteiger partial charge is 0.255 e. The summed E-state index contributed by atoms with van der Waals surface area (Å²) in [4.78, 5) is 17.1. The highest BCUT2D eigenvalue weighted by molar-refractivity contribution is 7.89. The molecule has 3 rings (SSSR count). The molecule has 2 saturated heterocycles. The van der Waals surface area contributed by atoms with Gasteiger partial charge in [-0.05, 0) is 24.1 Å². The topological polar surface area (TPSA) is 79.4 Å². The molecule has 0 spiro atoms. The standard InChI is InChI=1S/C20H31N3O5S/c1-16(2)15-21(3)20(24)18-14-17(29(25,26)23-8-12-28-13-9-23)4-5-19(18)22-6-10-27-11-7-22/h4-5,14,16H,6-13,15H2,1-3H3. The quantitative estimate of drug-likeness (QED) is 0.683. The third kappa shape index (κ3) is 5.09. The van der Waals surface area contributed by atoms with E-state index in [2.05, 4.69) is 4.90 Å². The molecule has 2 fully saturated rings. The van der Waals surface area contributed by atoms with E-state index in [0.717, 1.165) is 5.69 Å². The van der Waals surface area contributed by atoms with Gasteiger partial charge in [-0.15, -0.1) is 0 Å². The largest absolute Gasteiger partial charge is 0.379 e. The van der Waals surface area contributed by atoms with Crippen LogP contribution in [-0.4, -0.2) is 89.7 Å². The van der Waals surface area contributed by atoms with Gasteiger partial charge in [0.2, 0.25) is 10.0 Å². The number of benzene rings is 1. The van der Waals surface area contributed by atoms with Crippen molar-refractivity contribution in [3.05, 3.63) is 23.8 Å². The second-order valence-electron chi connectivity index (χ2n) is 7.87. The molecule has 9 heteroatoms. The van der Waals surface area contributed by atoms with Gasteiger partial charge in [-0.1, -0.05) is 13.8 Å². The average molecular weight is 426 g/mol. The Hall–Kier alpha value is -1.68. The molecule has 0 atom stereocenters. The zero-order valence-electron chi connectivity index (χ0n) is 17.5. The normalized spacial score (nSPS) is 18.8. The van der Waals surface area contributed by atoms with Crippen LogP contribution in [0.5, 0.6) is 0 Å². The molecule has 29 heavy (non-hydrogen) atoms. The van der Waals surface area contributed by atoms with Crippen LogP contribution in [0, 0.1) is 5.92 Å². The fraction of sp³-hybridized carbons (Fsp3) is 0.650. The van der Waals surface area contributed by atoms with E-state index in [4.69, 9.17) is 9.47 Å². The summed E-state index contributed by atoms with van der Waals surface area (Å²) in [5, 5.41) is 0. The zero-order chi connectivity index (χ0) is 21.0. The molecule has 0 radical (unpaired) electrons. The van der Waals surface area contributed by atoms with Crippen LogP contribution in [0.3, 0.4) is 0 Å². The number of nitrogens with zero attached hydrogens (tertiary/aromatic N) is 3. The first kappa shape index (κ1) is 22.0. The Balaban J connectivity index is 1.98. The Kier molecular flexibility index (Phi) is 7.15. The molecular weight excluding hydrogens is 394 g/mol. The van der Waals surface area contributed by atoms with Gasteiger partial charge in [-0.25, -0.2) is 8.42 Å². The van der Waals surface area contributed by atoms with Crippen molar-refractivity contribution in [2.24, 2.45) is 5.92 Å². The molecule has 1 amide bonds. The van der Waals surface area contributed by atoms with Crippen LogP contribution in [0.4, 0.5) is 5.69 Å². The van der Waals surface area contributed by atoms with Crippen molar-refractivity contribution in [1.29, 1.82) is 0 Å². The van der Waals surface area contributed by atoms with Crippen LogP contribution in [0.2, 0.25) is 0 Å². The van der Waals surface area contributed by atoms with Gasteiger partial charge >= 0.3 is 0 Å². The first-order chi connectivity index (χ1) is 13.8. The van der Waals surface area contributed by atoms with Crippen LogP contribution >= 0.6 is 0 Å². The van der Waals surface area contributed by atoms with Gasteiger partial charge in [0.25, 0.3) is 5.91 Å². The number of carbonyl (C=O) groups excluding carboxylic acids is 1. The summed E-state index contributed by atoms with van der Waals surface area (Å²) in [5.74, 6) is 0.148. The third-order valence-corrected chi connectivity index (χ3v) is 7.04. The highest BCUT2D eigenvalue weighted by atomic mass is 32.2. The van der Waals surface area contributed by atoms with Crippen molar-refractivity contribution in [2.75, 3.05) is 71.1 Å². The second-order valence-corrected chi connectivity index (χ2v) is 9.81. The molecule has 0 aliphatic carbocycles. The van der Waals surface area contributed by atoms with E-state index in [1.807, 2.05) is 13.8 Å². The summed E-state index contributed by atoms with van der Waals surface area (Å²) >= 11 is 0. The minimum absolute atomic E-state index is 0.151. The van der Waals surface area contributed by atoms with Gasteiger partial charge in [0, 0.05) is 45.5 Å². The summed E-state index contributed by atoms with van der Waals surface area (Å²) in [6, 6.07) is 4.90. The van der Waals surface area contributed by atoms with Gasteiger partial charge in [0.1, 0.15) is 0 Å². The van der Waals surface area contributed by atoms with Crippen LogP contribution in [-0.2, 0) is 19.5 Å². The number of ether oxygens (including phenoxy) is 2. The lowest BCUT2D eigenvalue weighted by Gasteiger charge is -2.32. The van der Waals surface area contributed by atoms with Gasteiger partial charge in [0.15, 0.2) is 0 Å². The summed E-state index contributed by atoms with van der Waals surface area (Å²) in [6.07, 6.45) is 0. The number of anilines is 1. The lowest BCUT2D eigenvalue weighted by Crippen LogP contribution is -2.41. The monoisotopic (exact) mass is 425 g/mol. The molecular formula is C20H31N3O5S. The Morgan fingerprint density at radius 2 is 1.66 bits per heavy atom. The molecule has 2 aliphatic rings. The van der Waals surface area contributed by atoms with Crippen molar-refractivity contribution in [2.45, 2.75) is 18.7 Å². The van der Waals surface area contributed by atoms with E-state index in [1.54, 1.807) is 24.1 Å². The highest BCUT2D eigenvalue weighted by Gasteiger charge is 2.29. The fourth-order valence-electron chi connectivity index (χ4n) is 3.70. The predicted octanol–water partition coefficient (Wildman–Crippen LogP) is 1.27. The van der Waals surface area contributed by atoms with Crippen molar-refractivity contribution in [3.8, 4) is 0 Å². The van der Waals surface area contributed by atoms with Crippen molar-refractivity contribution in [1.82, 2.24) is 9.21 Å². The maximum absolute atomic E-state index is 13.2. The number of morpholine rings is 2. The minimum Gasteiger partial charge on any atom is -0.379 e. The highest BCUT2D eigenvalue weighted by Crippen LogP contribution is 2.28. The maximum Gasteiger partial charge on any atom is 0.255 e. The number of hydrogen-bond acceptors (Lipinski definition) is 6. The van der Waals surface area contributed by atoms with E-state index < -0.39 is 10.0 Å².